The molecule has 0 unspecified atom stereocenters. The minimum absolute atomic E-state index is 0.168. The predicted octanol–water partition coefficient (Wildman–Crippen LogP) is 4.33. The van der Waals surface area contributed by atoms with Crippen LogP contribution in [0.2, 0.25) is 0 Å². The maximum atomic E-state index is 13.9. The first-order chi connectivity index (χ1) is 17.1. The Hall–Kier alpha value is -4.69. The van der Waals surface area contributed by atoms with Crippen LogP contribution in [0.15, 0.2) is 73.1 Å². The molecule has 1 atom stereocenters. The number of alkyl halides is 3. The van der Waals surface area contributed by atoms with E-state index in [0.29, 0.717) is 22.3 Å². The van der Waals surface area contributed by atoms with Gasteiger partial charge in [-0.05, 0) is 61.0 Å². The summed E-state index contributed by atoms with van der Waals surface area (Å²) in [6, 6.07) is 15.0. The number of hydrogen-bond donors (Lipinski definition) is 2. The maximum absolute atomic E-state index is 13.9. The van der Waals surface area contributed by atoms with Crippen LogP contribution in [0.3, 0.4) is 0 Å². The molecule has 0 spiro atoms. The number of amides is 2. The van der Waals surface area contributed by atoms with Gasteiger partial charge in [-0.3, -0.25) is 9.59 Å². The number of carbonyl (C=O) groups excluding carboxylic acids is 2. The van der Waals surface area contributed by atoms with Crippen LogP contribution in [-0.2, 0) is 4.79 Å². The van der Waals surface area contributed by atoms with Crippen molar-refractivity contribution in [2.75, 3.05) is 10.2 Å². The molecule has 2 aromatic heterocycles. The summed E-state index contributed by atoms with van der Waals surface area (Å²) in [6.45, 7) is 1.56. The Morgan fingerprint density at radius 2 is 1.78 bits per heavy atom. The predicted molar refractivity (Wildman–Crippen MR) is 127 cm³/mol. The Kier molecular flexibility index (Phi) is 6.46. The molecular formula is C25H19F3N6O2. The summed E-state index contributed by atoms with van der Waals surface area (Å²) < 4.78 is 43.1. The molecule has 3 N–H and O–H groups in total. The molecule has 2 heterocycles. The number of nitrogens with one attached hydrogen (secondary N) is 1. The average Bonchev–Trinajstić information content (AvgIpc) is 3.27. The van der Waals surface area contributed by atoms with Gasteiger partial charge < -0.3 is 11.1 Å². The van der Waals surface area contributed by atoms with E-state index in [4.69, 9.17) is 11.0 Å². The maximum Gasteiger partial charge on any atom is 0.491 e. The number of nitriles is 1. The molecule has 0 radical (unpaired) electrons. The minimum atomic E-state index is -5.00. The molecule has 0 aliphatic rings. The van der Waals surface area contributed by atoms with Crippen LogP contribution in [0.5, 0.6) is 0 Å². The van der Waals surface area contributed by atoms with E-state index in [2.05, 4.69) is 10.4 Å². The van der Waals surface area contributed by atoms with Gasteiger partial charge in [0.2, 0.25) is 5.91 Å². The lowest BCUT2D eigenvalue weighted by molar-refractivity contribution is -0.122. The molecule has 0 fully saturated rings. The summed E-state index contributed by atoms with van der Waals surface area (Å²) in [5, 5.41) is 15.8. The van der Waals surface area contributed by atoms with Gasteiger partial charge in [-0.1, -0.05) is 12.1 Å². The molecule has 36 heavy (non-hydrogen) atoms. The zero-order valence-corrected chi connectivity index (χ0v) is 18.8. The zero-order chi connectivity index (χ0) is 26.0. The van der Waals surface area contributed by atoms with Crippen molar-refractivity contribution in [3.63, 3.8) is 0 Å². The van der Waals surface area contributed by atoms with Crippen molar-refractivity contribution in [1.82, 2.24) is 9.61 Å². The first kappa shape index (κ1) is 24.4. The highest BCUT2D eigenvalue weighted by Gasteiger charge is 2.42. The first-order valence-electron chi connectivity index (χ1n) is 10.6. The highest BCUT2D eigenvalue weighted by molar-refractivity contribution is 6.07. The molecule has 0 aliphatic heterocycles. The van der Waals surface area contributed by atoms with Crippen molar-refractivity contribution >= 4 is 28.7 Å². The highest BCUT2D eigenvalue weighted by Crippen LogP contribution is 2.32. The Morgan fingerprint density at radius 3 is 2.36 bits per heavy atom. The van der Waals surface area contributed by atoms with E-state index in [1.54, 1.807) is 31.2 Å². The Morgan fingerprint density at radius 1 is 1.11 bits per heavy atom. The third-order valence-corrected chi connectivity index (χ3v) is 5.36. The number of anilines is 2. The fraction of sp³-hybridized carbons (Fsp3) is 0.120. The molecule has 4 rings (SSSR count). The van der Waals surface area contributed by atoms with Crippen LogP contribution in [0.4, 0.5) is 24.5 Å². The summed E-state index contributed by atoms with van der Waals surface area (Å²) in [5.41, 5.74) is 7.29. The first-order valence-corrected chi connectivity index (χ1v) is 10.6. The van der Waals surface area contributed by atoms with Crippen LogP contribution in [-0.4, -0.2) is 33.8 Å². The zero-order valence-electron chi connectivity index (χ0n) is 18.8. The number of nitrogens with zero attached hydrogens (tertiary/aromatic N) is 4. The summed E-state index contributed by atoms with van der Waals surface area (Å²) in [5.74, 6) is -1.63. The molecule has 11 heteroatoms. The Labute approximate surface area is 203 Å². The van der Waals surface area contributed by atoms with Gasteiger partial charge in [0.15, 0.2) is 0 Å². The van der Waals surface area contributed by atoms with E-state index in [1.165, 1.54) is 41.2 Å². The number of halogens is 3. The topological polar surface area (TPSA) is 117 Å². The number of pyridine rings is 1. The number of fused-ring (bicyclic) bond motifs is 1. The fourth-order valence-electron chi connectivity index (χ4n) is 3.52. The molecule has 0 saturated carbocycles. The second-order valence-corrected chi connectivity index (χ2v) is 7.93. The quantitative estimate of drug-likeness (QED) is 0.403. The van der Waals surface area contributed by atoms with E-state index >= 15 is 0 Å². The molecule has 4 aromatic rings. The van der Waals surface area contributed by atoms with E-state index in [9.17, 15) is 22.8 Å². The number of hydrogen-bond acceptors (Lipinski definition) is 5. The van der Waals surface area contributed by atoms with Crippen LogP contribution in [0, 0.1) is 11.3 Å². The number of nitrogens with two attached hydrogens (primary N) is 1. The van der Waals surface area contributed by atoms with Gasteiger partial charge in [-0.15, -0.1) is 13.2 Å². The van der Waals surface area contributed by atoms with Gasteiger partial charge in [-0.2, -0.15) is 10.4 Å². The number of aromatic nitrogens is 2. The largest absolute Gasteiger partial charge is 0.491 e. The highest BCUT2D eigenvalue weighted by atomic mass is 19.4. The minimum Gasteiger partial charge on any atom is -0.325 e. The normalized spacial score (nSPS) is 12.1. The van der Waals surface area contributed by atoms with Crippen LogP contribution < -0.4 is 16.0 Å². The molecule has 182 valence electrons. The molecule has 8 nitrogen and oxygen atoms in total. The van der Waals surface area contributed by atoms with Crippen LogP contribution in [0.1, 0.15) is 22.8 Å². The SMILES string of the molecule is C[C@@H](N)C(=O)Nc1ccc(-c2cnn3ccc(C(=O)N(c4ccc(C#N)cc4)C(F)(F)F)cc23)cc1. The number of rotatable bonds is 5. The van der Waals surface area contributed by atoms with Crippen molar-refractivity contribution < 1.29 is 22.8 Å². The molecular weight excluding hydrogens is 473 g/mol. The van der Waals surface area contributed by atoms with Crippen molar-refractivity contribution in [2.45, 2.75) is 19.3 Å². The molecule has 0 aliphatic carbocycles. The number of benzene rings is 2. The summed E-state index contributed by atoms with van der Waals surface area (Å²) >= 11 is 0. The van der Waals surface area contributed by atoms with E-state index in [1.807, 2.05) is 6.07 Å². The van der Waals surface area contributed by atoms with Crippen molar-refractivity contribution in [3.8, 4) is 17.2 Å². The second kappa shape index (κ2) is 9.52. The van der Waals surface area contributed by atoms with Gasteiger partial charge in [-0.25, -0.2) is 9.42 Å². The van der Waals surface area contributed by atoms with Crippen molar-refractivity contribution in [3.05, 3.63) is 84.2 Å². The van der Waals surface area contributed by atoms with Crippen molar-refractivity contribution in [2.24, 2.45) is 5.73 Å². The average molecular weight is 492 g/mol. The van der Waals surface area contributed by atoms with Crippen LogP contribution >= 0.6 is 0 Å². The fourth-order valence-corrected chi connectivity index (χ4v) is 3.52. The Balaban J connectivity index is 1.69. The standard InChI is InChI=1S/C25H19F3N6O2/c1-15(30)23(35)32-19-6-4-17(5-7-19)21-14-31-33-11-10-18(12-22(21)33)24(36)34(25(26,27)28)20-8-2-16(13-29)3-9-20/h2-12,14-15H,30H2,1H3,(H,32,35)/t15-/m1/s1. The summed E-state index contributed by atoms with van der Waals surface area (Å²) in [7, 11) is 0. The van der Waals surface area contributed by atoms with E-state index < -0.39 is 23.9 Å². The molecule has 0 bridgehead atoms. The third-order valence-electron chi connectivity index (χ3n) is 5.36. The van der Waals surface area contributed by atoms with Gasteiger partial charge in [0.05, 0.1) is 35.1 Å². The van der Waals surface area contributed by atoms with Gasteiger partial charge in [0, 0.05) is 23.0 Å². The van der Waals surface area contributed by atoms with Gasteiger partial charge >= 0.3 is 6.30 Å². The monoisotopic (exact) mass is 492 g/mol. The lowest BCUT2D eigenvalue weighted by atomic mass is 10.1. The molecule has 2 amide bonds. The van der Waals surface area contributed by atoms with Gasteiger partial charge in [0.25, 0.3) is 5.91 Å². The summed E-state index contributed by atoms with van der Waals surface area (Å²) in [6.07, 6.45) is -2.07. The molecule has 0 saturated heterocycles. The Bertz CT molecular complexity index is 1470. The van der Waals surface area contributed by atoms with E-state index in [-0.39, 0.29) is 21.9 Å². The second-order valence-electron chi connectivity index (χ2n) is 7.93. The summed E-state index contributed by atoms with van der Waals surface area (Å²) in [4.78, 5) is 24.5. The lowest BCUT2D eigenvalue weighted by Gasteiger charge is -2.25. The van der Waals surface area contributed by atoms with Crippen LogP contribution in [0.25, 0.3) is 16.6 Å². The smallest absolute Gasteiger partial charge is 0.325 e. The van der Waals surface area contributed by atoms with E-state index in [0.717, 1.165) is 12.1 Å². The van der Waals surface area contributed by atoms with Gasteiger partial charge in [0.1, 0.15) is 0 Å². The third kappa shape index (κ3) is 4.89. The lowest BCUT2D eigenvalue weighted by Crippen LogP contribution is -2.43. The number of carbonyl (C=O) groups is 2. The van der Waals surface area contributed by atoms with Crippen molar-refractivity contribution in [1.29, 1.82) is 5.26 Å². The molecule has 2 aromatic carbocycles.